The molecule has 0 aliphatic carbocycles. The molecule has 0 amide bonds. The molecule has 0 aliphatic rings. The molecule has 0 bridgehead atoms. The van der Waals surface area contributed by atoms with Gasteiger partial charge in [-0.15, -0.1) is 12.4 Å². The van der Waals surface area contributed by atoms with Crippen molar-refractivity contribution in [1.29, 1.82) is 0 Å². The molecular formula is C10H11ClN2O. The lowest BCUT2D eigenvalue weighted by atomic mass is 10.3. The highest BCUT2D eigenvalue weighted by molar-refractivity contribution is 5.85. The van der Waals surface area contributed by atoms with Crippen LogP contribution in [-0.2, 0) is 7.05 Å². The molecule has 0 N–H and O–H groups in total. The smallest absolute Gasteiger partial charge is 0.272 e. The third kappa shape index (κ3) is 1.51. The van der Waals surface area contributed by atoms with Crippen molar-refractivity contribution < 1.29 is 0 Å². The quantitative estimate of drug-likeness (QED) is 0.663. The first-order chi connectivity index (χ1) is 6.20. The van der Waals surface area contributed by atoms with E-state index >= 15 is 0 Å². The molecule has 4 heteroatoms. The van der Waals surface area contributed by atoms with E-state index in [1.807, 2.05) is 24.3 Å². The van der Waals surface area contributed by atoms with Crippen molar-refractivity contribution in [3.8, 4) is 0 Å². The van der Waals surface area contributed by atoms with Crippen LogP contribution in [0.3, 0.4) is 0 Å². The van der Waals surface area contributed by atoms with E-state index in [1.54, 1.807) is 18.5 Å². The molecule has 14 heavy (non-hydrogen) atoms. The fourth-order valence-electron chi connectivity index (χ4n) is 1.42. The zero-order chi connectivity index (χ0) is 9.42. The number of para-hydroxylation sites is 2. The van der Waals surface area contributed by atoms with Crippen molar-refractivity contribution in [2.45, 2.75) is 6.92 Å². The van der Waals surface area contributed by atoms with Gasteiger partial charge in [-0.05, 0) is 19.1 Å². The summed E-state index contributed by atoms with van der Waals surface area (Å²) in [5, 5.41) is 0. The number of rotatable bonds is 0. The summed E-state index contributed by atoms with van der Waals surface area (Å²) in [7, 11) is 1.76. The lowest BCUT2D eigenvalue weighted by Crippen LogP contribution is -2.20. The largest absolute Gasteiger partial charge is 0.308 e. The van der Waals surface area contributed by atoms with Crippen LogP contribution in [-0.4, -0.2) is 9.55 Å². The van der Waals surface area contributed by atoms with Gasteiger partial charge in [-0.3, -0.25) is 4.79 Å². The number of hydrogen-bond donors (Lipinski definition) is 0. The third-order valence-electron chi connectivity index (χ3n) is 2.15. The highest BCUT2D eigenvalue weighted by Gasteiger charge is 2.02. The monoisotopic (exact) mass is 210 g/mol. The minimum atomic E-state index is -0.0290. The van der Waals surface area contributed by atoms with E-state index in [9.17, 15) is 4.79 Å². The second-order valence-corrected chi connectivity index (χ2v) is 3.05. The Morgan fingerprint density at radius 1 is 1.29 bits per heavy atom. The van der Waals surface area contributed by atoms with E-state index in [-0.39, 0.29) is 18.0 Å². The van der Waals surface area contributed by atoms with Crippen molar-refractivity contribution in [3.05, 3.63) is 40.3 Å². The zero-order valence-corrected chi connectivity index (χ0v) is 8.84. The van der Waals surface area contributed by atoms with Gasteiger partial charge >= 0.3 is 0 Å². The Morgan fingerprint density at radius 2 is 1.93 bits per heavy atom. The van der Waals surface area contributed by atoms with Crippen molar-refractivity contribution in [1.82, 2.24) is 9.55 Å². The summed E-state index contributed by atoms with van der Waals surface area (Å²) in [5.74, 6) is 0. The number of benzene rings is 1. The number of hydrogen-bond acceptors (Lipinski definition) is 2. The van der Waals surface area contributed by atoms with Gasteiger partial charge in [-0.2, -0.15) is 0 Å². The fourth-order valence-corrected chi connectivity index (χ4v) is 1.42. The number of halogens is 1. The summed E-state index contributed by atoms with van der Waals surface area (Å²) < 4.78 is 1.62. The van der Waals surface area contributed by atoms with E-state index in [0.29, 0.717) is 5.69 Å². The molecule has 3 nitrogen and oxygen atoms in total. The molecule has 1 aromatic heterocycles. The maximum Gasteiger partial charge on any atom is 0.272 e. The van der Waals surface area contributed by atoms with Gasteiger partial charge in [0.15, 0.2) is 0 Å². The van der Waals surface area contributed by atoms with Crippen LogP contribution in [0.2, 0.25) is 0 Å². The first kappa shape index (κ1) is 10.7. The normalized spacial score (nSPS) is 9.86. The van der Waals surface area contributed by atoms with E-state index < -0.39 is 0 Å². The van der Waals surface area contributed by atoms with Crippen molar-refractivity contribution in [2.24, 2.45) is 7.05 Å². The molecule has 2 aromatic rings. The maximum atomic E-state index is 11.5. The van der Waals surface area contributed by atoms with Crippen LogP contribution in [0.4, 0.5) is 0 Å². The lowest BCUT2D eigenvalue weighted by molar-refractivity contribution is 0.872. The van der Waals surface area contributed by atoms with Crippen LogP contribution >= 0.6 is 12.4 Å². The van der Waals surface area contributed by atoms with Gasteiger partial charge in [-0.1, -0.05) is 12.1 Å². The molecule has 0 aliphatic heterocycles. The molecule has 0 unspecified atom stereocenters. The van der Waals surface area contributed by atoms with Crippen LogP contribution in [0.25, 0.3) is 11.0 Å². The zero-order valence-electron chi connectivity index (χ0n) is 8.02. The standard InChI is InChI=1S/C10H10N2O.ClH/c1-7-10(13)12(2)9-6-4-3-5-8(9)11-7;/h3-6H,1-2H3;1H. The van der Waals surface area contributed by atoms with E-state index in [4.69, 9.17) is 0 Å². The second-order valence-electron chi connectivity index (χ2n) is 3.05. The van der Waals surface area contributed by atoms with Gasteiger partial charge in [0.2, 0.25) is 0 Å². The number of fused-ring (bicyclic) bond motifs is 1. The first-order valence-corrected chi connectivity index (χ1v) is 4.12. The predicted molar refractivity (Wildman–Crippen MR) is 59.0 cm³/mol. The fraction of sp³-hybridized carbons (Fsp3) is 0.200. The molecular weight excluding hydrogens is 200 g/mol. The van der Waals surface area contributed by atoms with Gasteiger partial charge in [0.1, 0.15) is 5.69 Å². The van der Waals surface area contributed by atoms with Gasteiger partial charge in [-0.25, -0.2) is 4.98 Å². The van der Waals surface area contributed by atoms with E-state index in [2.05, 4.69) is 4.98 Å². The number of nitrogens with zero attached hydrogens (tertiary/aromatic N) is 2. The predicted octanol–water partition coefficient (Wildman–Crippen LogP) is 1.66. The number of aryl methyl sites for hydroxylation is 2. The highest BCUT2D eigenvalue weighted by Crippen LogP contribution is 2.07. The summed E-state index contributed by atoms with van der Waals surface area (Å²) in [6.07, 6.45) is 0. The Balaban J connectivity index is 0.000000980. The molecule has 74 valence electrons. The van der Waals surface area contributed by atoms with Crippen LogP contribution in [0, 0.1) is 6.92 Å². The van der Waals surface area contributed by atoms with Crippen LogP contribution in [0.15, 0.2) is 29.1 Å². The van der Waals surface area contributed by atoms with Crippen molar-refractivity contribution in [3.63, 3.8) is 0 Å². The van der Waals surface area contributed by atoms with Crippen molar-refractivity contribution in [2.75, 3.05) is 0 Å². The highest BCUT2D eigenvalue weighted by atomic mass is 35.5. The summed E-state index contributed by atoms with van der Waals surface area (Å²) in [5.41, 5.74) is 2.25. The Labute approximate surface area is 87.8 Å². The molecule has 1 aromatic carbocycles. The van der Waals surface area contributed by atoms with E-state index in [0.717, 1.165) is 11.0 Å². The molecule has 2 rings (SSSR count). The first-order valence-electron chi connectivity index (χ1n) is 4.12. The maximum absolute atomic E-state index is 11.5. The lowest BCUT2D eigenvalue weighted by Gasteiger charge is -2.04. The molecule has 0 fully saturated rings. The average molecular weight is 211 g/mol. The Bertz CT molecular complexity index is 519. The second kappa shape index (κ2) is 3.80. The number of aromatic nitrogens is 2. The average Bonchev–Trinajstić information content (AvgIpc) is 2.15. The van der Waals surface area contributed by atoms with Gasteiger partial charge in [0.05, 0.1) is 11.0 Å². The summed E-state index contributed by atoms with van der Waals surface area (Å²) in [4.78, 5) is 15.7. The minimum absolute atomic E-state index is 0. The Morgan fingerprint density at radius 3 is 2.64 bits per heavy atom. The molecule has 0 saturated carbocycles. The Kier molecular flexibility index (Phi) is 2.91. The van der Waals surface area contributed by atoms with Crippen LogP contribution in [0.1, 0.15) is 5.69 Å². The van der Waals surface area contributed by atoms with Crippen LogP contribution in [0.5, 0.6) is 0 Å². The molecule has 0 saturated heterocycles. The minimum Gasteiger partial charge on any atom is -0.308 e. The molecule has 0 atom stereocenters. The van der Waals surface area contributed by atoms with E-state index in [1.165, 1.54) is 0 Å². The molecule has 0 radical (unpaired) electrons. The van der Waals surface area contributed by atoms with Gasteiger partial charge in [0, 0.05) is 7.05 Å². The Hall–Kier alpha value is -1.35. The van der Waals surface area contributed by atoms with Gasteiger partial charge < -0.3 is 4.57 Å². The summed E-state index contributed by atoms with van der Waals surface area (Å²) >= 11 is 0. The van der Waals surface area contributed by atoms with Gasteiger partial charge in [0.25, 0.3) is 5.56 Å². The third-order valence-corrected chi connectivity index (χ3v) is 2.15. The summed E-state index contributed by atoms with van der Waals surface area (Å²) in [6.45, 7) is 1.73. The summed E-state index contributed by atoms with van der Waals surface area (Å²) in [6, 6.07) is 7.61. The topological polar surface area (TPSA) is 34.9 Å². The van der Waals surface area contributed by atoms with Crippen LogP contribution < -0.4 is 5.56 Å². The SMILES string of the molecule is Cc1nc2ccccc2n(C)c1=O.Cl. The molecule has 0 spiro atoms. The van der Waals surface area contributed by atoms with Crippen molar-refractivity contribution >= 4 is 23.4 Å². The molecule has 1 heterocycles.